The number of para-hydroxylation sites is 3. The maximum atomic E-state index is 12.4. The molecule has 134 valence electrons. The van der Waals surface area contributed by atoms with Gasteiger partial charge in [0.05, 0.1) is 17.8 Å². The number of nitrogens with one attached hydrogen (secondary N) is 1. The summed E-state index contributed by atoms with van der Waals surface area (Å²) in [7, 11) is 1.76. The Kier molecular flexibility index (Phi) is 5.65. The second kappa shape index (κ2) is 8.50. The van der Waals surface area contributed by atoms with Gasteiger partial charge < -0.3 is 15.0 Å². The predicted octanol–water partition coefficient (Wildman–Crippen LogP) is 3.82. The summed E-state index contributed by atoms with van der Waals surface area (Å²) in [5, 5.41) is 11.7. The molecule has 3 rings (SSSR count). The van der Waals surface area contributed by atoms with Gasteiger partial charge in [0.2, 0.25) is 5.91 Å². The van der Waals surface area contributed by atoms with Crippen molar-refractivity contribution in [3.8, 4) is 17.6 Å². The van der Waals surface area contributed by atoms with Gasteiger partial charge in [-0.25, -0.2) is 4.98 Å². The molecule has 0 aliphatic carbocycles. The monoisotopic (exact) mass is 358 g/mol. The van der Waals surface area contributed by atoms with E-state index in [0.717, 1.165) is 0 Å². The average Bonchev–Trinajstić information content (AvgIpc) is 2.70. The number of hydrogen-bond donors (Lipinski definition) is 1. The lowest BCUT2D eigenvalue weighted by Crippen LogP contribution is -2.30. The lowest BCUT2D eigenvalue weighted by atomic mass is 10.2. The molecule has 0 radical (unpaired) electrons. The van der Waals surface area contributed by atoms with Gasteiger partial charge in [-0.05, 0) is 36.4 Å². The SMILES string of the molecule is CN(CC(=O)Nc1ccccc1Oc1ccccc1)c1ccc(C#N)cn1. The van der Waals surface area contributed by atoms with Gasteiger partial charge in [-0.15, -0.1) is 0 Å². The van der Waals surface area contributed by atoms with Crippen molar-refractivity contribution in [1.29, 1.82) is 5.26 Å². The fourth-order valence-electron chi connectivity index (χ4n) is 2.44. The van der Waals surface area contributed by atoms with E-state index in [1.165, 1.54) is 6.20 Å². The number of nitriles is 1. The second-order valence-electron chi connectivity index (χ2n) is 5.83. The zero-order chi connectivity index (χ0) is 19.1. The molecule has 1 aromatic heterocycles. The van der Waals surface area contributed by atoms with Crippen LogP contribution in [0.25, 0.3) is 0 Å². The van der Waals surface area contributed by atoms with Crippen LogP contribution in [0.1, 0.15) is 5.56 Å². The molecule has 0 aliphatic rings. The number of amides is 1. The molecular formula is C21H18N4O2. The summed E-state index contributed by atoms with van der Waals surface area (Å²) in [6.45, 7) is 0.110. The van der Waals surface area contributed by atoms with Crippen LogP contribution in [-0.2, 0) is 4.79 Å². The molecule has 1 heterocycles. The number of anilines is 2. The summed E-state index contributed by atoms with van der Waals surface area (Å²) in [4.78, 5) is 18.3. The summed E-state index contributed by atoms with van der Waals surface area (Å²) in [5.74, 6) is 1.67. The minimum atomic E-state index is -0.201. The highest BCUT2D eigenvalue weighted by Crippen LogP contribution is 2.29. The highest BCUT2D eigenvalue weighted by Gasteiger charge is 2.12. The Hall–Kier alpha value is -3.85. The fourth-order valence-corrected chi connectivity index (χ4v) is 2.44. The average molecular weight is 358 g/mol. The van der Waals surface area contributed by atoms with Crippen LogP contribution in [-0.4, -0.2) is 24.5 Å². The summed E-state index contributed by atoms with van der Waals surface area (Å²) < 4.78 is 5.85. The van der Waals surface area contributed by atoms with E-state index in [2.05, 4.69) is 10.3 Å². The first-order valence-electron chi connectivity index (χ1n) is 8.35. The first-order chi connectivity index (χ1) is 13.2. The first kappa shape index (κ1) is 18.0. The number of ether oxygens (including phenoxy) is 1. The predicted molar refractivity (Wildman–Crippen MR) is 104 cm³/mol. The molecule has 0 aliphatic heterocycles. The number of carbonyl (C=O) groups is 1. The van der Waals surface area contributed by atoms with Crippen molar-refractivity contribution in [1.82, 2.24) is 4.98 Å². The van der Waals surface area contributed by atoms with E-state index in [9.17, 15) is 4.79 Å². The highest BCUT2D eigenvalue weighted by molar-refractivity contribution is 5.95. The van der Waals surface area contributed by atoms with Gasteiger partial charge in [-0.2, -0.15) is 5.26 Å². The largest absolute Gasteiger partial charge is 0.455 e. The van der Waals surface area contributed by atoms with Crippen LogP contribution in [0, 0.1) is 11.3 Å². The van der Waals surface area contributed by atoms with E-state index >= 15 is 0 Å². The Bertz CT molecular complexity index is 950. The van der Waals surface area contributed by atoms with Gasteiger partial charge >= 0.3 is 0 Å². The quantitative estimate of drug-likeness (QED) is 0.725. The molecule has 0 spiro atoms. The number of benzene rings is 2. The van der Waals surface area contributed by atoms with Gasteiger partial charge in [-0.3, -0.25) is 4.79 Å². The van der Waals surface area contributed by atoms with Crippen molar-refractivity contribution in [2.75, 3.05) is 23.8 Å². The summed E-state index contributed by atoms with van der Waals surface area (Å²) in [6, 6.07) is 22.0. The zero-order valence-corrected chi connectivity index (χ0v) is 14.8. The van der Waals surface area contributed by atoms with E-state index in [-0.39, 0.29) is 12.5 Å². The number of aromatic nitrogens is 1. The molecule has 0 fully saturated rings. The highest BCUT2D eigenvalue weighted by atomic mass is 16.5. The minimum Gasteiger partial charge on any atom is -0.455 e. The van der Waals surface area contributed by atoms with E-state index in [0.29, 0.717) is 28.6 Å². The number of pyridine rings is 1. The second-order valence-corrected chi connectivity index (χ2v) is 5.83. The van der Waals surface area contributed by atoms with Gasteiger partial charge in [0.1, 0.15) is 17.6 Å². The minimum absolute atomic E-state index is 0.110. The summed E-state index contributed by atoms with van der Waals surface area (Å²) >= 11 is 0. The van der Waals surface area contributed by atoms with Gasteiger partial charge in [0.15, 0.2) is 5.75 Å². The molecule has 27 heavy (non-hydrogen) atoms. The molecule has 2 aromatic carbocycles. The van der Waals surface area contributed by atoms with Crippen molar-refractivity contribution in [3.63, 3.8) is 0 Å². The molecule has 0 bridgehead atoms. The maximum absolute atomic E-state index is 12.4. The van der Waals surface area contributed by atoms with Crippen molar-refractivity contribution in [2.24, 2.45) is 0 Å². The molecule has 0 saturated heterocycles. The van der Waals surface area contributed by atoms with Crippen LogP contribution in [0.15, 0.2) is 72.9 Å². The molecule has 0 saturated carbocycles. The van der Waals surface area contributed by atoms with Crippen molar-refractivity contribution in [3.05, 3.63) is 78.5 Å². The maximum Gasteiger partial charge on any atom is 0.244 e. The van der Waals surface area contributed by atoms with E-state index in [1.807, 2.05) is 48.5 Å². The first-order valence-corrected chi connectivity index (χ1v) is 8.35. The van der Waals surface area contributed by atoms with Crippen molar-refractivity contribution < 1.29 is 9.53 Å². The third-order valence-corrected chi connectivity index (χ3v) is 3.78. The molecule has 1 N–H and O–H groups in total. The fraction of sp³-hybridized carbons (Fsp3) is 0.0952. The number of nitrogens with zero attached hydrogens (tertiary/aromatic N) is 3. The standard InChI is InChI=1S/C21H18N4O2/c1-25(20-12-11-16(13-22)14-23-20)15-21(26)24-18-9-5-6-10-19(18)27-17-7-3-2-4-8-17/h2-12,14H,15H2,1H3,(H,24,26). The summed E-state index contributed by atoms with van der Waals surface area (Å²) in [5.41, 5.74) is 1.07. The lowest BCUT2D eigenvalue weighted by molar-refractivity contribution is -0.114. The van der Waals surface area contributed by atoms with Crippen LogP contribution in [0.3, 0.4) is 0 Å². The van der Waals surface area contributed by atoms with Crippen LogP contribution in [0.5, 0.6) is 11.5 Å². The number of rotatable bonds is 6. The van der Waals surface area contributed by atoms with Crippen LogP contribution in [0.4, 0.5) is 11.5 Å². The Morgan fingerprint density at radius 1 is 1.11 bits per heavy atom. The van der Waals surface area contributed by atoms with E-state index in [4.69, 9.17) is 10.00 Å². The zero-order valence-electron chi connectivity index (χ0n) is 14.8. The number of hydrogen-bond acceptors (Lipinski definition) is 5. The van der Waals surface area contributed by atoms with Gasteiger partial charge in [-0.1, -0.05) is 30.3 Å². The van der Waals surface area contributed by atoms with E-state index < -0.39 is 0 Å². The summed E-state index contributed by atoms with van der Waals surface area (Å²) in [6.07, 6.45) is 1.48. The normalized spacial score (nSPS) is 9.93. The molecule has 6 nitrogen and oxygen atoms in total. The third kappa shape index (κ3) is 4.83. The number of likely N-dealkylation sites (N-methyl/N-ethyl adjacent to an activating group) is 1. The van der Waals surface area contributed by atoms with Crippen molar-refractivity contribution in [2.45, 2.75) is 0 Å². The Labute approximate surface area is 157 Å². The van der Waals surface area contributed by atoms with Crippen LogP contribution < -0.4 is 15.0 Å². The Morgan fingerprint density at radius 3 is 2.56 bits per heavy atom. The Morgan fingerprint density at radius 2 is 1.85 bits per heavy atom. The van der Waals surface area contributed by atoms with Crippen LogP contribution >= 0.6 is 0 Å². The Balaban J connectivity index is 1.66. The van der Waals surface area contributed by atoms with Gasteiger partial charge in [0.25, 0.3) is 0 Å². The topological polar surface area (TPSA) is 78.3 Å². The molecule has 1 amide bonds. The third-order valence-electron chi connectivity index (χ3n) is 3.78. The molecule has 0 atom stereocenters. The van der Waals surface area contributed by atoms with Crippen molar-refractivity contribution >= 4 is 17.4 Å². The molecule has 0 unspecified atom stereocenters. The van der Waals surface area contributed by atoms with Crippen LogP contribution in [0.2, 0.25) is 0 Å². The number of carbonyl (C=O) groups excluding carboxylic acids is 1. The molecule has 3 aromatic rings. The lowest BCUT2D eigenvalue weighted by Gasteiger charge is -2.18. The van der Waals surface area contributed by atoms with E-state index in [1.54, 1.807) is 36.2 Å². The molecular weight excluding hydrogens is 340 g/mol. The molecule has 6 heteroatoms. The van der Waals surface area contributed by atoms with Gasteiger partial charge in [0, 0.05) is 13.2 Å². The smallest absolute Gasteiger partial charge is 0.244 e.